The Balaban J connectivity index is 1.74. The highest BCUT2D eigenvalue weighted by Crippen LogP contribution is 2.25. The van der Waals surface area contributed by atoms with E-state index >= 15 is 0 Å². The van der Waals surface area contributed by atoms with Crippen molar-refractivity contribution >= 4 is 34.4 Å². The number of para-hydroxylation sites is 1. The van der Waals surface area contributed by atoms with E-state index in [4.69, 9.17) is 4.74 Å². The summed E-state index contributed by atoms with van der Waals surface area (Å²) in [5.41, 5.74) is 0.903. The van der Waals surface area contributed by atoms with Gasteiger partial charge in [-0.05, 0) is 35.0 Å². The molecule has 0 amide bonds. The molecule has 0 saturated heterocycles. The number of aliphatic imine (C=N–C) groups is 1. The molecule has 6 nitrogen and oxygen atoms in total. The fourth-order valence-electron chi connectivity index (χ4n) is 2.78. The molecular formula is C20H12N2O4. The van der Waals surface area contributed by atoms with E-state index in [9.17, 15) is 14.9 Å². The zero-order valence-corrected chi connectivity index (χ0v) is 13.5. The fourth-order valence-corrected chi connectivity index (χ4v) is 2.78. The van der Waals surface area contributed by atoms with Gasteiger partial charge in [0.2, 0.25) is 5.90 Å². The summed E-state index contributed by atoms with van der Waals surface area (Å²) in [4.78, 5) is 27.0. The van der Waals surface area contributed by atoms with Gasteiger partial charge in [-0.15, -0.1) is 0 Å². The number of carbonyl (C=O) groups excluding carboxylic acids is 1. The van der Waals surface area contributed by atoms with Crippen LogP contribution < -0.4 is 0 Å². The first-order chi connectivity index (χ1) is 12.6. The Labute approximate surface area is 148 Å². The molecule has 126 valence electrons. The molecule has 0 bridgehead atoms. The number of nitro benzene ring substituents is 1. The van der Waals surface area contributed by atoms with Crippen molar-refractivity contribution in [3.05, 3.63) is 93.7 Å². The number of nitro groups is 1. The van der Waals surface area contributed by atoms with Gasteiger partial charge in [0.25, 0.3) is 5.69 Å². The van der Waals surface area contributed by atoms with Crippen molar-refractivity contribution in [3.63, 3.8) is 0 Å². The van der Waals surface area contributed by atoms with E-state index in [1.807, 2.05) is 42.5 Å². The molecule has 0 unspecified atom stereocenters. The third-order valence-corrected chi connectivity index (χ3v) is 4.04. The van der Waals surface area contributed by atoms with Crippen LogP contribution in [-0.4, -0.2) is 16.8 Å². The van der Waals surface area contributed by atoms with Crippen LogP contribution in [0.4, 0.5) is 5.69 Å². The molecule has 1 aliphatic rings. The van der Waals surface area contributed by atoms with E-state index < -0.39 is 10.9 Å². The fraction of sp³-hybridized carbons (Fsp3) is 0. The molecule has 0 spiro atoms. The van der Waals surface area contributed by atoms with Crippen LogP contribution in [0.2, 0.25) is 0 Å². The number of carbonyl (C=O) groups is 1. The molecule has 0 saturated carbocycles. The Morgan fingerprint density at radius 3 is 2.50 bits per heavy atom. The van der Waals surface area contributed by atoms with Crippen LogP contribution in [0.15, 0.2) is 77.4 Å². The van der Waals surface area contributed by atoms with Gasteiger partial charge in [0.1, 0.15) is 0 Å². The lowest BCUT2D eigenvalue weighted by molar-refractivity contribution is -0.385. The SMILES string of the molecule is O=C1OC(c2ccc3ccccc3c2)=N/C1=C\c1ccccc1[N+](=O)[O-]. The molecule has 0 fully saturated rings. The first-order valence-electron chi connectivity index (χ1n) is 7.87. The highest BCUT2D eigenvalue weighted by molar-refractivity contribution is 6.13. The topological polar surface area (TPSA) is 81.8 Å². The van der Waals surface area contributed by atoms with Gasteiger partial charge >= 0.3 is 5.97 Å². The lowest BCUT2D eigenvalue weighted by Crippen LogP contribution is -2.05. The second kappa shape index (κ2) is 6.25. The number of fused-ring (bicyclic) bond motifs is 1. The van der Waals surface area contributed by atoms with Crippen LogP contribution in [0.3, 0.4) is 0 Å². The maximum absolute atomic E-state index is 12.1. The summed E-state index contributed by atoms with van der Waals surface area (Å²) in [6.45, 7) is 0. The van der Waals surface area contributed by atoms with Crippen LogP contribution in [0.5, 0.6) is 0 Å². The molecule has 0 atom stereocenters. The third-order valence-electron chi connectivity index (χ3n) is 4.04. The average molecular weight is 344 g/mol. The summed E-state index contributed by atoms with van der Waals surface area (Å²) >= 11 is 0. The van der Waals surface area contributed by atoms with Gasteiger partial charge in [-0.2, -0.15) is 0 Å². The summed E-state index contributed by atoms with van der Waals surface area (Å²) in [7, 11) is 0. The first kappa shape index (κ1) is 15.7. The normalized spacial score (nSPS) is 15.2. The maximum Gasteiger partial charge on any atom is 0.363 e. The minimum absolute atomic E-state index is 0.0301. The van der Waals surface area contributed by atoms with E-state index in [1.165, 1.54) is 12.1 Å². The van der Waals surface area contributed by atoms with E-state index in [-0.39, 0.29) is 17.3 Å². The zero-order valence-electron chi connectivity index (χ0n) is 13.5. The largest absolute Gasteiger partial charge is 0.402 e. The molecule has 1 aliphatic heterocycles. The smallest absolute Gasteiger partial charge is 0.363 e. The number of ether oxygens (including phenoxy) is 1. The van der Waals surface area contributed by atoms with Crippen molar-refractivity contribution in [3.8, 4) is 0 Å². The third kappa shape index (κ3) is 2.84. The lowest BCUT2D eigenvalue weighted by atomic mass is 10.1. The number of hydrogen-bond acceptors (Lipinski definition) is 5. The standard InChI is InChI=1S/C20H12N2O4/c23-20-17(12-15-7-3-4-8-18(15)22(24)25)21-19(26-20)16-10-9-13-5-1-2-6-14(13)11-16/h1-12H/b17-12-. The van der Waals surface area contributed by atoms with Crippen molar-refractivity contribution in [1.82, 2.24) is 0 Å². The number of esters is 1. The Kier molecular flexibility index (Phi) is 3.78. The lowest BCUT2D eigenvalue weighted by Gasteiger charge is -2.02. The minimum atomic E-state index is -0.633. The molecule has 3 aromatic carbocycles. The molecule has 26 heavy (non-hydrogen) atoms. The quantitative estimate of drug-likeness (QED) is 0.310. The van der Waals surface area contributed by atoms with Crippen LogP contribution in [0.1, 0.15) is 11.1 Å². The van der Waals surface area contributed by atoms with E-state index in [1.54, 1.807) is 18.2 Å². The maximum atomic E-state index is 12.1. The van der Waals surface area contributed by atoms with Gasteiger partial charge < -0.3 is 4.74 Å². The number of benzene rings is 3. The summed E-state index contributed by atoms with van der Waals surface area (Å²) in [6.07, 6.45) is 1.37. The van der Waals surface area contributed by atoms with Crippen LogP contribution in [-0.2, 0) is 9.53 Å². The first-order valence-corrected chi connectivity index (χ1v) is 7.87. The Morgan fingerprint density at radius 2 is 1.69 bits per heavy atom. The van der Waals surface area contributed by atoms with Gasteiger partial charge in [0.15, 0.2) is 5.70 Å². The zero-order chi connectivity index (χ0) is 18.1. The van der Waals surface area contributed by atoms with Gasteiger partial charge in [0, 0.05) is 11.6 Å². The highest BCUT2D eigenvalue weighted by atomic mass is 16.6. The molecule has 0 aromatic heterocycles. The number of nitrogens with zero attached hydrogens (tertiary/aromatic N) is 2. The van der Waals surface area contributed by atoms with Crippen LogP contribution >= 0.6 is 0 Å². The predicted molar refractivity (Wildman–Crippen MR) is 97.7 cm³/mol. The molecule has 1 heterocycles. The molecule has 0 radical (unpaired) electrons. The summed E-state index contributed by atoms with van der Waals surface area (Å²) in [5.74, 6) is -0.447. The molecular weight excluding hydrogens is 332 g/mol. The molecule has 4 rings (SSSR count). The molecule has 0 N–H and O–H groups in total. The number of rotatable bonds is 3. The van der Waals surface area contributed by atoms with Crippen molar-refractivity contribution in [1.29, 1.82) is 0 Å². The van der Waals surface area contributed by atoms with Gasteiger partial charge in [0.05, 0.1) is 10.5 Å². The monoisotopic (exact) mass is 344 g/mol. The van der Waals surface area contributed by atoms with E-state index in [2.05, 4.69) is 4.99 Å². The van der Waals surface area contributed by atoms with Gasteiger partial charge in [-0.3, -0.25) is 10.1 Å². The van der Waals surface area contributed by atoms with E-state index in [0.29, 0.717) is 11.1 Å². The minimum Gasteiger partial charge on any atom is -0.402 e. The number of hydrogen-bond donors (Lipinski definition) is 0. The van der Waals surface area contributed by atoms with Crippen molar-refractivity contribution in [2.45, 2.75) is 0 Å². The second-order valence-corrected chi connectivity index (χ2v) is 5.71. The Morgan fingerprint density at radius 1 is 0.962 bits per heavy atom. The molecule has 6 heteroatoms. The average Bonchev–Trinajstić information content (AvgIpc) is 3.02. The van der Waals surface area contributed by atoms with Crippen molar-refractivity contribution in [2.24, 2.45) is 4.99 Å². The molecule has 3 aromatic rings. The second-order valence-electron chi connectivity index (χ2n) is 5.71. The Hall–Kier alpha value is -3.80. The summed E-state index contributed by atoms with van der Waals surface area (Å²) in [5, 5.41) is 13.2. The van der Waals surface area contributed by atoms with Crippen LogP contribution in [0, 0.1) is 10.1 Å². The van der Waals surface area contributed by atoms with Crippen LogP contribution in [0.25, 0.3) is 16.8 Å². The summed E-state index contributed by atoms with van der Waals surface area (Å²) < 4.78 is 5.25. The van der Waals surface area contributed by atoms with Gasteiger partial charge in [-0.1, -0.05) is 42.5 Å². The van der Waals surface area contributed by atoms with Gasteiger partial charge in [-0.25, -0.2) is 9.79 Å². The number of cyclic esters (lactones) is 1. The summed E-state index contributed by atoms with van der Waals surface area (Å²) in [6, 6.07) is 19.6. The molecule has 0 aliphatic carbocycles. The van der Waals surface area contributed by atoms with Crippen molar-refractivity contribution in [2.75, 3.05) is 0 Å². The Bertz CT molecular complexity index is 1120. The predicted octanol–water partition coefficient (Wildman–Crippen LogP) is 4.09. The van der Waals surface area contributed by atoms with Crippen molar-refractivity contribution < 1.29 is 14.5 Å². The van der Waals surface area contributed by atoms with E-state index in [0.717, 1.165) is 10.8 Å². The highest BCUT2D eigenvalue weighted by Gasteiger charge is 2.25.